The van der Waals surface area contributed by atoms with Crippen molar-refractivity contribution in [2.75, 3.05) is 4.90 Å². The molecule has 53 heavy (non-hydrogen) atoms. The highest BCUT2D eigenvalue weighted by molar-refractivity contribution is 6.14. The Hall–Kier alpha value is -6.64. The van der Waals surface area contributed by atoms with Crippen molar-refractivity contribution in [1.29, 1.82) is 0 Å². The summed E-state index contributed by atoms with van der Waals surface area (Å²) >= 11 is 0. The van der Waals surface area contributed by atoms with Crippen molar-refractivity contribution in [1.82, 2.24) is 0 Å². The number of hydrogen-bond acceptors (Lipinski definition) is 2. The second-order valence-corrected chi connectivity index (χ2v) is 14.5. The summed E-state index contributed by atoms with van der Waals surface area (Å²) in [5.74, 6) is 0. The first-order valence-electron chi connectivity index (χ1n) is 18.4. The Bertz CT molecular complexity index is 2820. The maximum absolute atomic E-state index is 6.39. The van der Waals surface area contributed by atoms with Crippen molar-refractivity contribution in [2.24, 2.45) is 0 Å². The van der Waals surface area contributed by atoms with E-state index < -0.39 is 0 Å². The van der Waals surface area contributed by atoms with Crippen LogP contribution in [-0.2, 0) is 5.41 Å². The molecule has 0 saturated heterocycles. The van der Waals surface area contributed by atoms with Gasteiger partial charge in [-0.15, -0.1) is 0 Å². The second kappa shape index (κ2) is 12.3. The van der Waals surface area contributed by atoms with Crippen LogP contribution in [0.3, 0.4) is 0 Å². The number of rotatable bonds is 6. The monoisotopic (exact) mass is 679 g/mol. The summed E-state index contributed by atoms with van der Waals surface area (Å²) < 4.78 is 6.39. The maximum Gasteiger partial charge on any atom is 0.136 e. The minimum absolute atomic E-state index is 0.134. The van der Waals surface area contributed by atoms with Gasteiger partial charge in [-0.25, -0.2) is 0 Å². The van der Waals surface area contributed by atoms with Crippen LogP contribution in [-0.4, -0.2) is 0 Å². The molecule has 252 valence electrons. The summed E-state index contributed by atoms with van der Waals surface area (Å²) in [5.41, 5.74) is 17.4. The third-order valence-corrected chi connectivity index (χ3v) is 11.1. The highest BCUT2D eigenvalue weighted by atomic mass is 16.3. The topological polar surface area (TPSA) is 16.4 Å². The molecule has 0 radical (unpaired) electrons. The van der Waals surface area contributed by atoms with Crippen LogP contribution in [0.25, 0.3) is 66.4 Å². The number of benzene rings is 8. The van der Waals surface area contributed by atoms with E-state index in [9.17, 15) is 0 Å². The predicted octanol–water partition coefficient (Wildman–Crippen LogP) is 14.4. The summed E-state index contributed by atoms with van der Waals surface area (Å²) in [6.45, 7) is 4.71. The van der Waals surface area contributed by atoms with Gasteiger partial charge in [0.1, 0.15) is 11.2 Å². The summed E-state index contributed by atoms with van der Waals surface area (Å²) in [7, 11) is 0. The summed E-state index contributed by atoms with van der Waals surface area (Å²) in [5, 5.41) is 2.25. The first kappa shape index (κ1) is 31.1. The van der Waals surface area contributed by atoms with Crippen molar-refractivity contribution in [3.63, 3.8) is 0 Å². The minimum Gasteiger partial charge on any atom is -0.456 e. The van der Waals surface area contributed by atoms with Crippen LogP contribution in [0, 0.1) is 0 Å². The smallest absolute Gasteiger partial charge is 0.136 e. The van der Waals surface area contributed by atoms with Crippen molar-refractivity contribution < 1.29 is 4.42 Å². The molecule has 0 N–H and O–H groups in total. The lowest BCUT2D eigenvalue weighted by molar-refractivity contribution is 0.660. The first-order chi connectivity index (χ1) is 26.1. The molecule has 0 amide bonds. The van der Waals surface area contributed by atoms with E-state index in [0.717, 1.165) is 50.1 Å². The van der Waals surface area contributed by atoms with Crippen LogP contribution in [0.4, 0.5) is 17.1 Å². The van der Waals surface area contributed by atoms with Gasteiger partial charge in [0.25, 0.3) is 0 Å². The van der Waals surface area contributed by atoms with E-state index in [2.05, 4.69) is 201 Å². The predicted molar refractivity (Wildman–Crippen MR) is 222 cm³/mol. The van der Waals surface area contributed by atoms with E-state index in [0.29, 0.717) is 0 Å². The molecule has 2 heteroatoms. The fourth-order valence-electron chi connectivity index (χ4n) is 8.57. The lowest BCUT2D eigenvalue weighted by atomic mass is 9.82. The van der Waals surface area contributed by atoms with Crippen molar-refractivity contribution >= 4 is 39.0 Å². The Morgan fingerprint density at radius 3 is 1.83 bits per heavy atom. The van der Waals surface area contributed by atoms with Gasteiger partial charge in [-0.05, 0) is 92.5 Å². The number of nitrogens with zero attached hydrogens (tertiary/aromatic N) is 1. The molecule has 0 fully saturated rings. The van der Waals surface area contributed by atoms with E-state index in [4.69, 9.17) is 4.42 Å². The van der Waals surface area contributed by atoms with Crippen molar-refractivity contribution in [3.05, 3.63) is 199 Å². The van der Waals surface area contributed by atoms with Crippen LogP contribution in [0.2, 0.25) is 0 Å². The molecule has 0 atom stereocenters. The molecule has 10 rings (SSSR count). The van der Waals surface area contributed by atoms with Gasteiger partial charge in [-0.1, -0.05) is 159 Å². The van der Waals surface area contributed by atoms with E-state index in [1.807, 2.05) is 6.07 Å². The van der Waals surface area contributed by atoms with Crippen LogP contribution >= 0.6 is 0 Å². The quantitative estimate of drug-likeness (QED) is 0.174. The normalized spacial score (nSPS) is 12.9. The zero-order valence-corrected chi connectivity index (χ0v) is 29.8. The summed E-state index contributed by atoms with van der Waals surface area (Å²) in [6, 6.07) is 67.9. The van der Waals surface area contributed by atoms with E-state index >= 15 is 0 Å². The van der Waals surface area contributed by atoms with E-state index in [1.165, 1.54) is 44.5 Å². The summed E-state index contributed by atoms with van der Waals surface area (Å²) in [4.78, 5) is 2.45. The Morgan fingerprint density at radius 2 is 0.981 bits per heavy atom. The van der Waals surface area contributed by atoms with Gasteiger partial charge in [-0.2, -0.15) is 0 Å². The standard InChI is InChI=1S/C51H37NO/c1-51(2)45-26-11-8-22-40(45)41-31-30-37(33-46(41)51)52(36-19-14-18-35(32-36)39-21-7-6-20-38(39)34-16-4-3-5-17-34)47-27-12-9-23-42(47)43-25-15-29-49-50(43)44-24-10-13-28-48(44)53-49/h3-33H,1-2H3. The molecular formula is C51H37NO. The Morgan fingerprint density at radius 1 is 0.396 bits per heavy atom. The first-order valence-corrected chi connectivity index (χ1v) is 18.4. The van der Waals surface area contributed by atoms with E-state index in [-0.39, 0.29) is 5.41 Å². The van der Waals surface area contributed by atoms with Gasteiger partial charge in [0.15, 0.2) is 0 Å². The highest BCUT2D eigenvalue weighted by Gasteiger charge is 2.36. The molecule has 0 aliphatic heterocycles. The van der Waals surface area contributed by atoms with Gasteiger partial charge < -0.3 is 9.32 Å². The van der Waals surface area contributed by atoms with Crippen LogP contribution in [0.5, 0.6) is 0 Å². The van der Waals surface area contributed by atoms with Gasteiger partial charge >= 0.3 is 0 Å². The fraction of sp³-hybridized carbons (Fsp3) is 0.0588. The Labute approximate surface area is 310 Å². The van der Waals surface area contributed by atoms with Gasteiger partial charge in [0, 0.05) is 33.1 Å². The number of anilines is 3. The van der Waals surface area contributed by atoms with Crippen LogP contribution in [0.1, 0.15) is 25.0 Å². The molecule has 0 spiro atoms. The molecule has 0 bridgehead atoms. The van der Waals surface area contributed by atoms with Gasteiger partial charge in [-0.3, -0.25) is 0 Å². The molecular weight excluding hydrogens is 643 g/mol. The zero-order chi connectivity index (χ0) is 35.5. The largest absolute Gasteiger partial charge is 0.456 e. The molecule has 8 aromatic carbocycles. The van der Waals surface area contributed by atoms with Crippen LogP contribution in [0.15, 0.2) is 192 Å². The molecule has 0 unspecified atom stereocenters. The number of hydrogen-bond donors (Lipinski definition) is 0. The third-order valence-electron chi connectivity index (χ3n) is 11.1. The highest BCUT2D eigenvalue weighted by Crippen LogP contribution is 2.52. The lowest BCUT2D eigenvalue weighted by Crippen LogP contribution is -2.17. The fourth-order valence-corrected chi connectivity index (χ4v) is 8.57. The number of para-hydroxylation sites is 2. The number of furan rings is 1. The minimum atomic E-state index is -0.134. The van der Waals surface area contributed by atoms with Gasteiger partial charge in [0.2, 0.25) is 0 Å². The average molecular weight is 680 g/mol. The maximum atomic E-state index is 6.39. The third kappa shape index (κ3) is 5.02. The number of fused-ring (bicyclic) bond motifs is 6. The molecule has 1 aliphatic rings. The molecule has 1 aromatic heterocycles. The Balaban J connectivity index is 1.21. The molecule has 1 heterocycles. The van der Waals surface area contributed by atoms with E-state index in [1.54, 1.807) is 0 Å². The Kier molecular flexibility index (Phi) is 7.19. The lowest BCUT2D eigenvalue weighted by Gasteiger charge is -2.30. The summed E-state index contributed by atoms with van der Waals surface area (Å²) in [6.07, 6.45) is 0. The van der Waals surface area contributed by atoms with Gasteiger partial charge in [0.05, 0.1) is 5.69 Å². The second-order valence-electron chi connectivity index (χ2n) is 14.5. The molecule has 9 aromatic rings. The zero-order valence-electron chi connectivity index (χ0n) is 29.8. The molecule has 2 nitrogen and oxygen atoms in total. The molecule has 0 saturated carbocycles. The average Bonchev–Trinajstić information content (AvgIpc) is 3.71. The van der Waals surface area contributed by atoms with Crippen molar-refractivity contribution in [3.8, 4) is 44.5 Å². The SMILES string of the molecule is CC1(C)c2ccccc2-c2ccc(N(c3cccc(-c4ccccc4-c4ccccc4)c3)c3ccccc3-c3cccc4oc5ccccc5c34)cc21. The van der Waals surface area contributed by atoms with Crippen LogP contribution < -0.4 is 4.90 Å². The molecule has 1 aliphatic carbocycles. The van der Waals surface area contributed by atoms with Crippen molar-refractivity contribution in [2.45, 2.75) is 19.3 Å².